The lowest BCUT2D eigenvalue weighted by Gasteiger charge is -2.08. The molecule has 134 valence electrons. The van der Waals surface area contributed by atoms with Crippen molar-refractivity contribution in [3.63, 3.8) is 0 Å². The molecule has 7 heteroatoms. The Morgan fingerprint density at radius 1 is 1.11 bits per heavy atom. The fourth-order valence-corrected chi connectivity index (χ4v) is 2.77. The first kappa shape index (κ1) is 16.8. The second-order valence-electron chi connectivity index (χ2n) is 6.19. The molecule has 0 saturated carbocycles. The number of rotatable bonds is 3. The van der Waals surface area contributed by atoms with Crippen LogP contribution in [0.15, 0.2) is 53.2 Å². The summed E-state index contributed by atoms with van der Waals surface area (Å²) in [5.41, 5.74) is 3.31. The first-order valence-corrected chi connectivity index (χ1v) is 8.28. The van der Waals surface area contributed by atoms with E-state index in [-0.39, 0.29) is 17.4 Å². The van der Waals surface area contributed by atoms with Gasteiger partial charge in [0.15, 0.2) is 0 Å². The minimum Gasteiger partial charge on any atom is -0.335 e. The molecule has 27 heavy (non-hydrogen) atoms. The number of hydrogen-bond acceptors (Lipinski definition) is 5. The molecule has 3 heterocycles. The molecule has 0 unspecified atom stereocenters. The highest BCUT2D eigenvalue weighted by molar-refractivity contribution is 6.12. The number of nitrogens with one attached hydrogen (secondary N) is 1. The van der Waals surface area contributed by atoms with Crippen molar-refractivity contribution in [2.45, 2.75) is 13.8 Å². The average Bonchev–Trinajstić information content (AvgIpc) is 3.04. The number of fused-ring (bicyclic) bond motifs is 1. The standard InChI is InChI=1S/C20H15FN4O2/c1-11-3-8-17(22-10-11)24-19(26)15-9-16(13-4-6-14(21)7-5-13)23-20-18(15)12(2)25-27-20/h3-10H,1-2H3,(H,22,24,26). The molecule has 0 spiro atoms. The quantitative estimate of drug-likeness (QED) is 0.588. The fourth-order valence-electron chi connectivity index (χ4n) is 2.77. The third-order valence-corrected chi connectivity index (χ3v) is 4.15. The lowest BCUT2D eigenvalue weighted by molar-refractivity contribution is 0.102. The summed E-state index contributed by atoms with van der Waals surface area (Å²) in [6.07, 6.45) is 1.67. The molecule has 0 atom stereocenters. The van der Waals surface area contributed by atoms with Crippen LogP contribution in [-0.2, 0) is 0 Å². The van der Waals surface area contributed by atoms with Crippen molar-refractivity contribution >= 4 is 22.8 Å². The van der Waals surface area contributed by atoms with E-state index in [9.17, 15) is 9.18 Å². The number of amides is 1. The molecule has 0 aliphatic heterocycles. The van der Waals surface area contributed by atoms with Gasteiger partial charge in [0.1, 0.15) is 11.6 Å². The monoisotopic (exact) mass is 362 g/mol. The van der Waals surface area contributed by atoms with Crippen LogP contribution in [0.2, 0.25) is 0 Å². The van der Waals surface area contributed by atoms with Crippen LogP contribution in [0.1, 0.15) is 21.6 Å². The predicted molar refractivity (Wildman–Crippen MR) is 98.9 cm³/mol. The zero-order valence-corrected chi connectivity index (χ0v) is 14.7. The number of aryl methyl sites for hydroxylation is 2. The number of nitrogens with zero attached hydrogens (tertiary/aromatic N) is 3. The van der Waals surface area contributed by atoms with Gasteiger partial charge < -0.3 is 9.84 Å². The van der Waals surface area contributed by atoms with Crippen LogP contribution in [0, 0.1) is 19.7 Å². The number of carbonyl (C=O) groups is 1. The second kappa shape index (κ2) is 6.60. The second-order valence-corrected chi connectivity index (χ2v) is 6.19. The van der Waals surface area contributed by atoms with Crippen molar-refractivity contribution in [2.75, 3.05) is 5.32 Å². The molecule has 4 aromatic rings. The highest BCUT2D eigenvalue weighted by Crippen LogP contribution is 2.27. The molecular weight excluding hydrogens is 347 g/mol. The van der Waals surface area contributed by atoms with E-state index in [1.807, 2.05) is 13.0 Å². The third-order valence-electron chi connectivity index (χ3n) is 4.15. The topological polar surface area (TPSA) is 80.9 Å². The highest BCUT2D eigenvalue weighted by atomic mass is 19.1. The van der Waals surface area contributed by atoms with Crippen LogP contribution >= 0.6 is 0 Å². The minimum absolute atomic E-state index is 0.247. The van der Waals surface area contributed by atoms with Crippen molar-refractivity contribution in [1.29, 1.82) is 0 Å². The van der Waals surface area contributed by atoms with E-state index >= 15 is 0 Å². The first-order valence-electron chi connectivity index (χ1n) is 8.28. The minimum atomic E-state index is -0.353. The van der Waals surface area contributed by atoms with Crippen molar-refractivity contribution in [2.24, 2.45) is 0 Å². The Bertz CT molecular complexity index is 1140. The number of halogens is 1. The molecule has 0 radical (unpaired) electrons. The summed E-state index contributed by atoms with van der Waals surface area (Å²) in [4.78, 5) is 21.5. The van der Waals surface area contributed by atoms with Crippen molar-refractivity contribution in [3.8, 4) is 11.3 Å². The van der Waals surface area contributed by atoms with Crippen LogP contribution < -0.4 is 5.32 Å². The predicted octanol–water partition coefficient (Wildman–Crippen LogP) is 4.29. The van der Waals surface area contributed by atoms with Crippen LogP contribution in [0.25, 0.3) is 22.4 Å². The van der Waals surface area contributed by atoms with E-state index in [4.69, 9.17) is 4.52 Å². The van der Waals surface area contributed by atoms with Gasteiger partial charge in [0.05, 0.1) is 22.3 Å². The van der Waals surface area contributed by atoms with Crippen LogP contribution in [0.5, 0.6) is 0 Å². The van der Waals surface area contributed by atoms with Gasteiger partial charge in [-0.05, 0) is 55.8 Å². The lowest BCUT2D eigenvalue weighted by atomic mass is 10.1. The summed E-state index contributed by atoms with van der Waals surface area (Å²) in [5, 5.41) is 7.22. The van der Waals surface area contributed by atoms with Gasteiger partial charge in [-0.15, -0.1) is 0 Å². The smallest absolute Gasteiger partial charge is 0.259 e. The highest BCUT2D eigenvalue weighted by Gasteiger charge is 2.19. The molecule has 4 rings (SSSR count). The zero-order chi connectivity index (χ0) is 19.0. The molecule has 6 nitrogen and oxygen atoms in total. The summed E-state index contributed by atoms with van der Waals surface area (Å²) in [6.45, 7) is 3.66. The molecule has 3 aromatic heterocycles. The fraction of sp³-hybridized carbons (Fsp3) is 0.100. The number of hydrogen-bond donors (Lipinski definition) is 1. The zero-order valence-electron chi connectivity index (χ0n) is 14.7. The summed E-state index contributed by atoms with van der Waals surface area (Å²) < 4.78 is 18.5. The molecule has 0 bridgehead atoms. The summed E-state index contributed by atoms with van der Waals surface area (Å²) >= 11 is 0. The number of pyridine rings is 2. The van der Waals surface area contributed by atoms with Gasteiger partial charge in [0.2, 0.25) is 0 Å². The maximum absolute atomic E-state index is 13.2. The van der Waals surface area contributed by atoms with E-state index in [1.165, 1.54) is 12.1 Å². The Labute approximate surface area is 154 Å². The first-order chi connectivity index (χ1) is 13.0. The average molecular weight is 362 g/mol. The Kier molecular flexibility index (Phi) is 4.12. The molecule has 0 saturated heterocycles. The number of anilines is 1. The van der Waals surface area contributed by atoms with Crippen LogP contribution in [0.3, 0.4) is 0 Å². The normalized spacial score (nSPS) is 10.9. The summed E-state index contributed by atoms with van der Waals surface area (Å²) in [7, 11) is 0. The third kappa shape index (κ3) is 3.27. The van der Waals surface area contributed by atoms with E-state index in [2.05, 4.69) is 20.4 Å². The maximum atomic E-state index is 13.2. The van der Waals surface area contributed by atoms with Gasteiger partial charge >= 0.3 is 0 Å². The Balaban J connectivity index is 1.80. The van der Waals surface area contributed by atoms with Crippen LogP contribution in [0.4, 0.5) is 10.2 Å². The van der Waals surface area contributed by atoms with E-state index in [1.54, 1.807) is 37.4 Å². The molecule has 1 aromatic carbocycles. The summed E-state index contributed by atoms with van der Waals surface area (Å²) in [5.74, 6) is -0.264. The van der Waals surface area contributed by atoms with Crippen molar-refractivity contribution in [1.82, 2.24) is 15.1 Å². The maximum Gasteiger partial charge on any atom is 0.259 e. The molecule has 0 aliphatic rings. The lowest BCUT2D eigenvalue weighted by Crippen LogP contribution is -2.14. The molecule has 0 fully saturated rings. The molecular formula is C20H15FN4O2. The van der Waals surface area contributed by atoms with Crippen molar-refractivity contribution < 1.29 is 13.7 Å². The number of aromatic nitrogens is 3. The van der Waals surface area contributed by atoms with Gasteiger partial charge in [-0.1, -0.05) is 11.2 Å². The largest absolute Gasteiger partial charge is 0.335 e. The van der Waals surface area contributed by atoms with E-state index in [0.29, 0.717) is 33.7 Å². The Morgan fingerprint density at radius 3 is 2.59 bits per heavy atom. The molecule has 0 aliphatic carbocycles. The number of carbonyl (C=O) groups excluding carboxylic acids is 1. The summed E-state index contributed by atoms with van der Waals surface area (Å²) in [6, 6.07) is 11.1. The number of benzene rings is 1. The SMILES string of the molecule is Cc1ccc(NC(=O)c2cc(-c3ccc(F)cc3)nc3onc(C)c23)nc1. The van der Waals surface area contributed by atoms with Crippen molar-refractivity contribution in [3.05, 3.63) is 71.3 Å². The Morgan fingerprint density at radius 2 is 1.89 bits per heavy atom. The van der Waals surface area contributed by atoms with Gasteiger partial charge in [0.25, 0.3) is 11.6 Å². The van der Waals surface area contributed by atoms with E-state index < -0.39 is 0 Å². The molecule has 1 N–H and O–H groups in total. The van der Waals surface area contributed by atoms with Gasteiger partial charge in [-0.3, -0.25) is 4.79 Å². The molecule has 1 amide bonds. The van der Waals surface area contributed by atoms with Crippen LogP contribution in [-0.4, -0.2) is 21.0 Å². The Hall–Kier alpha value is -3.61. The van der Waals surface area contributed by atoms with Gasteiger partial charge in [0, 0.05) is 11.8 Å². The van der Waals surface area contributed by atoms with Gasteiger partial charge in [-0.25, -0.2) is 14.4 Å². The van der Waals surface area contributed by atoms with Gasteiger partial charge in [-0.2, -0.15) is 0 Å². The van der Waals surface area contributed by atoms with E-state index in [0.717, 1.165) is 5.56 Å².